The minimum Gasteiger partial charge on any atom is -0.397 e. The molecule has 0 fully saturated rings. The van der Waals surface area contributed by atoms with Gasteiger partial charge in [0.2, 0.25) is 5.91 Å². The fourth-order valence-electron chi connectivity index (χ4n) is 2.15. The van der Waals surface area contributed by atoms with Crippen molar-refractivity contribution in [2.75, 3.05) is 11.1 Å². The van der Waals surface area contributed by atoms with Gasteiger partial charge in [-0.1, -0.05) is 29.8 Å². The molecule has 0 spiro atoms. The lowest BCUT2D eigenvalue weighted by Gasteiger charge is -2.11. The first-order chi connectivity index (χ1) is 9.45. The van der Waals surface area contributed by atoms with Crippen molar-refractivity contribution in [1.82, 2.24) is 0 Å². The van der Waals surface area contributed by atoms with Crippen LogP contribution < -0.4 is 11.1 Å². The molecule has 3 nitrogen and oxygen atoms in total. The summed E-state index contributed by atoms with van der Waals surface area (Å²) in [6, 6.07) is 11.8. The van der Waals surface area contributed by atoms with E-state index in [0.29, 0.717) is 17.8 Å². The minimum absolute atomic E-state index is 0.0504. The normalized spacial score (nSPS) is 10.3. The lowest BCUT2D eigenvalue weighted by atomic mass is 10.1. The van der Waals surface area contributed by atoms with Crippen LogP contribution in [-0.2, 0) is 11.2 Å². The van der Waals surface area contributed by atoms with Gasteiger partial charge in [0, 0.05) is 0 Å². The van der Waals surface area contributed by atoms with Crippen LogP contribution in [0.3, 0.4) is 0 Å². The monoisotopic (exact) mass is 268 g/mol. The molecular weight excluding hydrogens is 248 g/mol. The number of nitrogens with one attached hydrogen (secondary N) is 1. The van der Waals surface area contributed by atoms with Crippen LogP contribution >= 0.6 is 0 Å². The van der Waals surface area contributed by atoms with Gasteiger partial charge in [0.05, 0.1) is 17.8 Å². The van der Waals surface area contributed by atoms with Gasteiger partial charge in [0.25, 0.3) is 0 Å². The molecule has 0 bridgehead atoms. The smallest absolute Gasteiger partial charge is 0.228 e. The number of carbonyl (C=O) groups excluding carboxylic acids is 1. The minimum atomic E-state index is -0.0504. The summed E-state index contributed by atoms with van der Waals surface area (Å²) in [6.07, 6.45) is 0.355. The van der Waals surface area contributed by atoms with Crippen molar-refractivity contribution in [1.29, 1.82) is 0 Å². The molecule has 0 unspecified atom stereocenters. The number of aryl methyl sites for hydroxylation is 3. The van der Waals surface area contributed by atoms with Crippen LogP contribution in [-0.4, -0.2) is 5.91 Å². The van der Waals surface area contributed by atoms with Crippen molar-refractivity contribution in [3.63, 3.8) is 0 Å². The van der Waals surface area contributed by atoms with E-state index in [4.69, 9.17) is 5.73 Å². The Hall–Kier alpha value is -2.29. The van der Waals surface area contributed by atoms with E-state index in [9.17, 15) is 4.79 Å². The number of hydrogen-bond donors (Lipinski definition) is 2. The highest BCUT2D eigenvalue weighted by Crippen LogP contribution is 2.23. The third-order valence-corrected chi connectivity index (χ3v) is 3.39. The van der Waals surface area contributed by atoms with Crippen LogP contribution in [0.4, 0.5) is 11.4 Å². The Labute approximate surface area is 119 Å². The van der Waals surface area contributed by atoms with Gasteiger partial charge in [-0.15, -0.1) is 0 Å². The molecule has 20 heavy (non-hydrogen) atoms. The molecule has 2 rings (SSSR count). The number of carbonyl (C=O) groups is 1. The van der Waals surface area contributed by atoms with Crippen molar-refractivity contribution >= 4 is 17.3 Å². The van der Waals surface area contributed by atoms with E-state index in [-0.39, 0.29) is 5.91 Å². The summed E-state index contributed by atoms with van der Waals surface area (Å²) in [5, 5.41) is 2.88. The first-order valence-corrected chi connectivity index (χ1v) is 6.68. The molecule has 0 aliphatic heterocycles. The second-order valence-electron chi connectivity index (χ2n) is 5.24. The molecule has 0 aromatic heterocycles. The van der Waals surface area contributed by atoms with Gasteiger partial charge in [-0.2, -0.15) is 0 Å². The van der Waals surface area contributed by atoms with Gasteiger partial charge in [0.15, 0.2) is 0 Å². The van der Waals surface area contributed by atoms with Gasteiger partial charge in [-0.05, 0) is 49.6 Å². The Morgan fingerprint density at radius 3 is 2.50 bits per heavy atom. The maximum Gasteiger partial charge on any atom is 0.228 e. The molecule has 3 heteroatoms. The molecule has 3 N–H and O–H groups in total. The SMILES string of the molecule is Cc1cccc(CC(=O)Nc2cc(C)c(C)cc2N)c1. The predicted octanol–water partition coefficient (Wildman–Crippen LogP) is 3.38. The largest absolute Gasteiger partial charge is 0.397 e. The van der Waals surface area contributed by atoms with E-state index in [1.165, 1.54) is 0 Å². The molecule has 0 heterocycles. The molecule has 2 aromatic rings. The first-order valence-electron chi connectivity index (χ1n) is 6.68. The highest BCUT2D eigenvalue weighted by Gasteiger charge is 2.08. The van der Waals surface area contributed by atoms with Crippen LogP contribution in [0.15, 0.2) is 36.4 Å². The second-order valence-corrected chi connectivity index (χ2v) is 5.24. The van der Waals surface area contributed by atoms with Crippen molar-refractivity contribution in [3.8, 4) is 0 Å². The van der Waals surface area contributed by atoms with Crippen molar-refractivity contribution in [2.24, 2.45) is 0 Å². The van der Waals surface area contributed by atoms with E-state index >= 15 is 0 Å². The van der Waals surface area contributed by atoms with Crippen LogP contribution in [0.2, 0.25) is 0 Å². The Kier molecular flexibility index (Phi) is 4.08. The van der Waals surface area contributed by atoms with E-state index in [1.54, 1.807) is 0 Å². The van der Waals surface area contributed by atoms with E-state index in [2.05, 4.69) is 5.32 Å². The Morgan fingerprint density at radius 2 is 1.80 bits per heavy atom. The predicted molar refractivity (Wildman–Crippen MR) is 83.8 cm³/mol. The van der Waals surface area contributed by atoms with E-state index in [0.717, 1.165) is 22.3 Å². The zero-order valence-corrected chi connectivity index (χ0v) is 12.2. The lowest BCUT2D eigenvalue weighted by Crippen LogP contribution is -2.15. The van der Waals surface area contributed by atoms with Gasteiger partial charge in [0.1, 0.15) is 0 Å². The average Bonchev–Trinajstić information content (AvgIpc) is 2.36. The first kappa shape index (κ1) is 14.1. The summed E-state index contributed by atoms with van der Waals surface area (Å²) in [7, 11) is 0. The maximum atomic E-state index is 12.1. The molecule has 0 saturated carbocycles. The molecule has 1 amide bonds. The van der Waals surface area contributed by atoms with Crippen molar-refractivity contribution < 1.29 is 4.79 Å². The number of nitrogen functional groups attached to an aromatic ring is 1. The van der Waals surface area contributed by atoms with Crippen LogP contribution in [0.25, 0.3) is 0 Å². The Morgan fingerprint density at radius 1 is 1.10 bits per heavy atom. The van der Waals surface area contributed by atoms with Crippen molar-refractivity contribution in [2.45, 2.75) is 27.2 Å². The van der Waals surface area contributed by atoms with Crippen LogP contribution in [0, 0.1) is 20.8 Å². The van der Waals surface area contributed by atoms with E-state index < -0.39 is 0 Å². The molecule has 0 radical (unpaired) electrons. The average molecular weight is 268 g/mol. The van der Waals surface area contributed by atoms with Gasteiger partial charge < -0.3 is 11.1 Å². The number of benzene rings is 2. The number of hydrogen-bond acceptors (Lipinski definition) is 2. The topological polar surface area (TPSA) is 55.1 Å². The molecular formula is C17H20N2O. The number of amides is 1. The summed E-state index contributed by atoms with van der Waals surface area (Å²) < 4.78 is 0. The fraction of sp³-hybridized carbons (Fsp3) is 0.235. The molecule has 0 atom stereocenters. The van der Waals surface area contributed by atoms with Crippen LogP contribution in [0.1, 0.15) is 22.3 Å². The third kappa shape index (κ3) is 3.38. The highest BCUT2D eigenvalue weighted by atomic mass is 16.1. The zero-order valence-electron chi connectivity index (χ0n) is 12.2. The van der Waals surface area contributed by atoms with Crippen LogP contribution in [0.5, 0.6) is 0 Å². The summed E-state index contributed by atoms with van der Waals surface area (Å²) in [5.41, 5.74) is 11.6. The molecule has 0 saturated heterocycles. The quantitative estimate of drug-likeness (QED) is 0.838. The summed E-state index contributed by atoms with van der Waals surface area (Å²) in [4.78, 5) is 12.1. The summed E-state index contributed by atoms with van der Waals surface area (Å²) in [6.45, 7) is 6.03. The second kappa shape index (κ2) is 5.78. The Bertz CT molecular complexity index is 647. The highest BCUT2D eigenvalue weighted by molar-refractivity contribution is 5.95. The standard InChI is InChI=1S/C17H20N2O/c1-11-5-4-6-14(7-11)10-17(20)19-16-9-13(3)12(2)8-15(16)18/h4-9H,10,18H2,1-3H3,(H,19,20). The fourth-order valence-corrected chi connectivity index (χ4v) is 2.15. The molecule has 104 valence electrons. The molecule has 0 aliphatic rings. The number of rotatable bonds is 3. The zero-order chi connectivity index (χ0) is 14.7. The lowest BCUT2D eigenvalue weighted by molar-refractivity contribution is -0.115. The van der Waals surface area contributed by atoms with Gasteiger partial charge in [-0.25, -0.2) is 0 Å². The molecule has 0 aliphatic carbocycles. The van der Waals surface area contributed by atoms with Gasteiger partial charge in [-0.3, -0.25) is 4.79 Å². The summed E-state index contributed by atoms with van der Waals surface area (Å²) >= 11 is 0. The summed E-state index contributed by atoms with van der Waals surface area (Å²) in [5.74, 6) is -0.0504. The third-order valence-electron chi connectivity index (χ3n) is 3.39. The number of nitrogens with two attached hydrogens (primary N) is 1. The number of anilines is 2. The van der Waals surface area contributed by atoms with E-state index in [1.807, 2.05) is 57.2 Å². The maximum absolute atomic E-state index is 12.1. The van der Waals surface area contributed by atoms with Gasteiger partial charge >= 0.3 is 0 Å². The Balaban J connectivity index is 2.10. The van der Waals surface area contributed by atoms with Crippen molar-refractivity contribution in [3.05, 3.63) is 58.7 Å². The molecule has 2 aromatic carbocycles.